The van der Waals surface area contributed by atoms with Crippen molar-refractivity contribution in [1.82, 2.24) is 9.88 Å². The van der Waals surface area contributed by atoms with Gasteiger partial charge in [0, 0.05) is 24.3 Å². The van der Waals surface area contributed by atoms with Crippen molar-refractivity contribution in [3.05, 3.63) is 33.2 Å². The fourth-order valence-electron chi connectivity index (χ4n) is 2.90. The zero-order chi connectivity index (χ0) is 13.8. The molecule has 0 atom stereocenters. The zero-order valence-corrected chi connectivity index (χ0v) is 12.5. The molecule has 1 heterocycles. The highest BCUT2D eigenvalue weighted by molar-refractivity contribution is 5.29. The Labute approximate surface area is 116 Å². The van der Waals surface area contributed by atoms with Gasteiger partial charge in [-0.25, -0.2) is 0 Å². The molecule has 0 fully saturated rings. The number of hydrogen-bond donors (Lipinski definition) is 1. The van der Waals surface area contributed by atoms with Gasteiger partial charge in [-0.1, -0.05) is 13.8 Å². The van der Waals surface area contributed by atoms with Crippen molar-refractivity contribution in [2.75, 3.05) is 6.54 Å². The van der Waals surface area contributed by atoms with E-state index in [4.69, 9.17) is 0 Å². The van der Waals surface area contributed by atoms with Crippen molar-refractivity contribution in [2.45, 2.75) is 59.5 Å². The molecule has 1 aromatic heterocycles. The minimum atomic E-state index is 0.208. The molecule has 1 aromatic rings. The van der Waals surface area contributed by atoms with Gasteiger partial charge in [-0.2, -0.15) is 0 Å². The van der Waals surface area contributed by atoms with Gasteiger partial charge in [0.05, 0.1) is 0 Å². The van der Waals surface area contributed by atoms with E-state index < -0.39 is 0 Å². The van der Waals surface area contributed by atoms with Crippen LogP contribution in [0, 0.1) is 5.92 Å². The average Bonchev–Trinajstić information content (AvgIpc) is 2.39. The number of rotatable bonds is 5. The molecule has 0 radical (unpaired) electrons. The third-order valence-electron chi connectivity index (χ3n) is 3.86. The fourth-order valence-corrected chi connectivity index (χ4v) is 2.90. The first kappa shape index (κ1) is 14.3. The summed E-state index contributed by atoms with van der Waals surface area (Å²) in [5.74, 6) is 0.617. The van der Waals surface area contributed by atoms with E-state index in [-0.39, 0.29) is 5.56 Å². The van der Waals surface area contributed by atoms with Crippen LogP contribution in [0.1, 0.15) is 50.4 Å². The lowest BCUT2D eigenvalue weighted by Gasteiger charge is -2.22. The molecule has 0 saturated heterocycles. The molecule has 19 heavy (non-hydrogen) atoms. The molecule has 0 aliphatic heterocycles. The second-order valence-corrected chi connectivity index (χ2v) is 5.92. The maximum atomic E-state index is 12.5. The number of aryl methyl sites for hydroxylation is 1. The summed E-state index contributed by atoms with van der Waals surface area (Å²) in [6.07, 6.45) is 4.68. The Bertz CT molecular complexity index is 488. The van der Waals surface area contributed by atoms with Gasteiger partial charge >= 0.3 is 0 Å². The van der Waals surface area contributed by atoms with Gasteiger partial charge in [0.15, 0.2) is 0 Å². The Balaban J connectivity index is 2.26. The van der Waals surface area contributed by atoms with Gasteiger partial charge < -0.3 is 9.88 Å². The first-order valence-corrected chi connectivity index (χ1v) is 7.58. The van der Waals surface area contributed by atoms with Crippen LogP contribution in [0.25, 0.3) is 0 Å². The van der Waals surface area contributed by atoms with Gasteiger partial charge in [0.2, 0.25) is 0 Å². The lowest BCUT2D eigenvalue weighted by molar-refractivity contribution is 0.540. The van der Waals surface area contributed by atoms with Crippen molar-refractivity contribution >= 4 is 0 Å². The summed E-state index contributed by atoms with van der Waals surface area (Å²) < 4.78 is 1.99. The molecule has 0 spiro atoms. The Hall–Kier alpha value is -1.09. The molecule has 0 amide bonds. The molecule has 3 heteroatoms. The molecule has 3 nitrogen and oxygen atoms in total. The Morgan fingerprint density at radius 3 is 2.74 bits per heavy atom. The fraction of sp³-hybridized carbons (Fsp3) is 0.688. The smallest absolute Gasteiger partial charge is 0.255 e. The third-order valence-corrected chi connectivity index (χ3v) is 3.86. The van der Waals surface area contributed by atoms with E-state index in [1.807, 2.05) is 4.57 Å². The van der Waals surface area contributed by atoms with Crippen molar-refractivity contribution in [1.29, 1.82) is 0 Å². The van der Waals surface area contributed by atoms with Gasteiger partial charge in [-0.15, -0.1) is 0 Å². The largest absolute Gasteiger partial charge is 0.312 e. The number of nitrogens with one attached hydrogen (secondary N) is 1. The standard InChI is InChI=1S/C16H26N2O/c1-4-18-15-8-6-5-7-13(15)9-14(16(18)19)11-17-10-12(2)3/h9,12,17H,4-8,10-11H2,1-3H3. The van der Waals surface area contributed by atoms with Crippen molar-refractivity contribution in [3.8, 4) is 0 Å². The van der Waals surface area contributed by atoms with Crippen LogP contribution in [0.5, 0.6) is 0 Å². The molecule has 0 bridgehead atoms. The van der Waals surface area contributed by atoms with E-state index in [0.717, 1.165) is 31.5 Å². The molecule has 1 aliphatic carbocycles. The molecule has 0 aromatic carbocycles. The van der Waals surface area contributed by atoms with Crippen LogP contribution in [0.2, 0.25) is 0 Å². The van der Waals surface area contributed by atoms with Gasteiger partial charge in [-0.05, 0) is 56.7 Å². The normalized spacial score (nSPS) is 14.7. The van der Waals surface area contributed by atoms with E-state index >= 15 is 0 Å². The van der Waals surface area contributed by atoms with Crippen LogP contribution in [0.15, 0.2) is 10.9 Å². The summed E-state index contributed by atoms with van der Waals surface area (Å²) in [4.78, 5) is 12.5. The van der Waals surface area contributed by atoms with Crippen molar-refractivity contribution in [3.63, 3.8) is 0 Å². The average molecular weight is 262 g/mol. The zero-order valence-electron chi connectivity index (χ0n) is 12.5. The van der Waals surface area contributed by atoms with Crippen molar-refractivity contribution in [2.24, 2.45) is 5.92 Å². The second-order valence-electron chi connectivity index (χ2n) is 5.92. The summed E-state index contributed by atoms with van der Waals surface area (Å²) in [5, 5.41) is 3.39. The van der Waals surface area contributed by atoms with Crippen LogP contribution in [-0.2, 0) is 25.9 Å². The predicted octanol–water partition coefficient (Wildman–Crippen LogP) is 2.49. The molecule has 106 valence electrons. The van der Waals surface area contributed by atoms with Crippen LogP contribution in [0.4, 0.5) is 0 Å². The SMILES string of the molecule is CCn1c2c(cc(CNCC(C)C)c1=O)CCCC2. The quantitative estimate of drug-likeness (QED) is 0.884. The van der Waals surface area contributed by atoms with Crippen molar-refractivity contribution < 1.29 is 0 Å². The molecular weight excluding hydrogens is 236 g/mol. The Kier molecular flexibility index (Phi) is 4.81. The number of hydrogen-bond acceptors (Lipinski definition) is 2. The predicted molar refractivity (Wildman–Crippen MR) is 79.6 cm³/mol. The summed E-state index contributed by atoms with van der Waals surface area (Å²) in [7, 11) is 0. The minimum Gasteiger partial charge on any atom is -0.312 e. The van der Waals surface area contributed by atoms with Crippen LogP contribution in [0.3, 0.4) is 0 Å². The number of pyridine rings is 1. The van der Waals surface area contributed by atoms with E-state index in [9.17, 15) is 4.79 Å². The number of nitrogens with zero attached hydrogens (tertiary/aromatic N) is 1. The molecular formula is C16H26N2O. The maximum Gasteiger partial charge on any atom is 0.255 e. The lowest BCUT2D eigenvalue weighted by atomic mass is 9.94. The Morgan fingerprint density at radius 2 is 2.05 bits per heavy atom. The van der Waals surface area contributed by atoms with Crippen LogP contribution in [-0.4, -0.2) is 11.1 Å². The van der Waals surface area contributed by atoms with Crippen LogP contribution < -0.4 is 10.9 Å². The minimum absolute atomic E-state index is 0.208. The monoisotopic (exact) mass is 262 g/mol. The van der Waals surface area contributed by atoms with Gasteiger partial charge in [-0.3, -0.25) is 4.79 Å². The highest BCUT2D eigenvalue weighted by Gasteiger charge is 2.16. The topological polar surface area (TPSA) is 34.0 Å². The van der Waals surface area contributed by atoms with E-state index in [1.54, 1.807) is 0 Å². The van der Waals surface area contributed by atoms with Crippen LogP contribution >= 0.6 is 0 Å². The molecule has 1 N–H and O–H groups in total. The van der Waals surface area contributed by atoms with E-state index in [0.29, 0.717) is 12.5 Å². The summed E-state index contributed by atoms with van der Waals surface area (Å²) in [5.41, 5.74) is 3.82. The first-order chi connectivity index (χ1) is 9.13. The highest BCUT2D eigenvalue weighted by atomic mass is 16.1. The lowest BCUT2D eigenvalue weighted by Crippen LogP contribution is -2.32. The van der Waals surface area contributed by atoms with Gasteiger partial charge in [0.1, 0.15) is 0 Å². The summed E-state index contributed by atoms with van der Waals surface area (Å²) in [6.45, 7) is 8.89. The third kappa shape index (κ3) is 3.27. The number of aromatic nitrogens is 1. The summed E-state index contributed by atoms with van der Waals surface area (Å²) >= 11 is 0. The van der Waals surface area contributed by atoms with E-state index in [2.05, 4.69) is 32.2 Å². The first-order valence-electron chi connectivity index (χ1n) is 7.58. The van der Waals surface area contributed by atoms with E-state index in [1.165, 1.54) is 24.1 Å². The molecule has 1 aliphatic rings. The molecule has 0 saturated carbocycles. The number of fused-ring (bicyclic) bond motifs is 1. The maximum absolute atomic E-state index is 12.5. The Morgan fingerprint density at radius 1 is 1.32 bits per heavy atom. The summed E-state index contributed by atoms with van der Waals surface area (Å²) in [6, 6.07) is 2.15. The molecule has 2 rings (SSSR count). The highest BCUT2D eigenvalue weighted by Crippen LogP contribution is 2.20. The molecule has 0 unspecified atom stereocenters. The van der Waals surface area contributed by atoms with Gasteiger partial charge in [0.25, 0.3) is 5.56 Å². The second kappa shape index (κ2) is 6.38.